The third-order valence-corrected chi connectivity index (χ3v) is 3.48. The summed E-state index contributed by atoms with van der Waals surface area (Å²) in [7, 11) is -3.00. The molecule has 108 valence electrons. The molecule has 0 aliphatic heterocycles. The standard InChI is InChI=1S/C12H18N2O3S.H2S/c1-9(7-8-18(2,16)17)14-12(15)10-5-3-4-6-11(10)13;/h3-6,9H,7-8,13H2,1-2H3,(H,14,15);1H2/t9-;/m0./s1. The van der Waals surface area contributed by atoms with E-state index in [1.54, 1.807) is 31.2 Å². The molecule has 0 aliphatic rings. The van der Waals surface area contributed by atoms with Crippen molar-refractivity contribution >= 4 is 34.9 Å². The molecule has 0 fully saturated rings. The molecule has 1 aromatic carbocycles. The number of nitrogens with two attached hydrogens (primary N) is 1. The van der Waals surface area contributed by atoms with E-state index in [-0.39, 0.29) is 31.2 Å². The van der Waals surface area contributed by atoms with Gasteiger partial charge in [-0.15, -0.1) is 0 Å². The molecule has 1 aromatic rings. The molecule has 0 spiro atoms. The highest BCUT2D eigenvalue weighted by molar-refractivity contribution is 7.90. The van der Waals surface area contributed by atoms with Crippen molar-refractivity contribution in [2.45, 2.75) is 19.4 Å². The second-order valence-electron chi connectivity index (χ2n) is 4.38. The average molecular weight is 304 g/mol. The lowest BCUT2D eigenvalue weighted by molar-refractivity contribution is 0.0940. The van der Waals surface area contributed by atoms with Gasteiger partial charge in [-0.2, -0.15) is 13.5 Å². The number of carbonyl (C=O) groups is 1. The zero-order valence-corrected chi connectivity index (χ0v) is 12.8. The summed E-state index contributed by atoms with van der Waals surface area (Å²) in [4.78, 5) is 11.9. The summed E-state index contributed by atoms with van der Waals surface area (Å²) >= 11 is 0. The minimum atomic E-state index is -3.00. The van der Waals surface area contributed by atoms with Gasteiger partial charge in [0, 0.05) is 18.0 Å². The average Bonchev–Trinajstić information content (AvgIpc) is 2.26. The number of carbonyl (C=O) groups excluding carboxylic acids is 1. The number of nitrogens with one attached hydrogen (secondary N) is 1. The third-order valence-electron chi connectivity index (χ3n) is 2.50. The first kappa shape index (κ1) is 17.8. The maximum atomic E-state index is 11.9. The minimum absolute atomic E-state index is 0. The fraction of sp³-hybridized carbons (Fsp3) is 0.417. The van der Waals surface area contributed by atoms with Crippen LogP contribution in [0.1, 0.15) is 23.7 Å². The highest BCUT2D eigenvalue weighted by Gasteiger charge is 2.13. The van der Waals surface area contributed by atoms with E-state index in [2.05, 4.69) is 5.32 Å². The molecule has 0 aliphatic carbocycles. The Balaban J connectivity index is 0.00000324. The number of sulfone groups is 1. The van der Waals surface area contributed by atoms with E-state index in [1.165, 1.54) is 6.26 Å². The van der Waals surface area contributed by atoms with Gasteiger partial charge < -0.3 is 11.1 Å². The molecule has 3 N–H and O–H groups in total. The molecular weight excluding hydrogens is 284 g/mol. The predicted octanol–water partition coefficient (Wildman–Crippen LogP) is 0.935. The SMILES string of the molecule is C[C@@H](CCS(C)(=O)=O)NC(=O)c1ccccc1N.S. The van der Waals surface area contributed by atoms with Gasteiger partial charge in [0.15, 0.2) is 0 Å². The molecule has 5 nitrogen and oxygen atoms in total. The van der Waals surface area contributed by atoms with Crippen LogP contribution in [0, 0.1) is 0 Å². The van der Waals surface area contributed by atoms with Gasteiger partial charge in [-0.05, 0) is 25.5 Å². The Labute approximate surface area is 120 Å². The van der Waals surface area contributed by atoms with E-state index in [0.29, 0.717) is 17.7 Å². The summed E-state index contributed by atoms with van der Waals surface area (Å²) in [6, 6.07) is 6.54. The van der Waals surface area contributed by atoms with Crippen LogP contribution in [0.3, 0.4) is 0 Å². The highest BCUT2D eigenvalue weighted by Crippen LogP contribution is 2.10. The highest BCUT2D eigenvalue weighted by atomic mass is 32.2. The molecule has 0 unspecified atom stereocenters. The lowest BCUT2D eigenvalue weighted by atomic mass is 10.1. The molecule has 0 bridgehead atoms. The number of anilines is 1. The zero-order valence-electron chi connectivity index (χ0n) is 11.0. The summed E-state index contributed by atoms with van der Waals surface area (Å²) in [6.07, 6.45) is 1.56. The molecule has 1 atom stereocenters. The van der Waals surface area contributed by atoms with Gasteiger partial charge in [0.2, 0.25) is 0 Å². The van der Waals surface area contributed by atoms with Gasteiger partial charge in [0.05, 0.1) is 11.3 Å². The molecule has 0 aromatic heterocycles. The number of hydrogen-bond donors (Lipinski definition) is 2. The van der Waals surface area contributed by atoms with E-state index >= 15 is 0 Å². The van der Waals surface area contributed by atoms with Crippen LogP contribution >= 0.6 is 13.5 Å². The topological polar surface area (TPSA) is 89.3 Å². The van der Waals surface area contributed by atoms with Gasteiger partial charge in [-0.25, -0.2) is 8.42 Å². The summed E-state index contributed by atoms with van der Waals surface area (Å²) in [5.41, 5.74) is 6.50. The van der Waals surface area contributed by atoms with Gasteiger partial charge in [-0.3, -0.25) is 4.79 Å². The first-order valence-corrected chi connectivity index (χ1v) is 7.69. The van der Waals surface area contributed by atoms with Crippen LogP contribution in [-0.2, 0) is 9.84 Å². The number of rotatable bonds is 5. The number of amides is 1. The predicted molar refractivity (Wildman–Crippen MR) is 82.5 cm³/mol. The van der Waals surface area contributed by atoms with Gasteiger partial charge in [0.25, 0.3) is 5.91 Å². The molecule has 0 heterocycles. The maximum Gasteiger partial charge on any atom is 0.253 e. The van der Waals surface area contributed by atoms with E-state index in [9.17, 15) is 13.2 Å². The zero-order chi connectivity index (χ0) is 13.8. The Hall–Kier alpha value is -1.21. The van der Waals surface area contributed by atoms with Crippen molar-refractivity contribution in [2.75, 3.05) is 17.7 Å². The monoisotopic (exact) mass is 304 g/mol. The van der Waals surface area contributed by atoms with Crippen LogP contribution in [-0.4, -0.2) is 32.4 Å². The van der Waals surface area contributed by atoms with Crippen LogP contribution in [0.4, 0.5) is 5.69 Å². The maximum absolute atomic E-state index is 11.9. The largest absolute Gasteiger partial charge is 0.398 e. The quantitative estimate of drug-likeness (QED) is 0.792. The molecule has 19 heavy (non-hydrogen) atoms. The third kappa shape index (κ3) is 6.49. The van der Waals surface area contributed by atoms with Crippen molar-refractivity contribution in [2.24, 2.45) is 0 Å². The summed E-state index contributed by atoms with van der Waals surface area (Å²) in [6.45, 7) is 1.77. The molecule has 0 saturated heterocycles. The van der Waals surface area contributed by atoms with Crippen LogP contribution < -0.4 is 11.1 Å². The molecule has 0 saturated carbocycles. The molecule has 1 amide bonds. The molecule has 1 rings (SSSR count). The summed E-state index contributed by atoms with van der Waals surface area (Å²) < 4.78 is 22.0. The smallest absolute Gasteiger partial charge is 0.253 e. The van der Waals surface area contributed by atoms with Crippen molar-refractivity contribution in [3.05, 3.63) is 29.8 Å². The second kappa shape index (κ2) is 7.40. The first-order chi connectivity index (χ1) is 8.29. The van der Waals surface area contributed by atoms with Crippen LogP contribution in [0.5, 0.6) is 0 Å². The van der Waals surface area contributed by atoms with Crippen molar-refractivity contribution in [3.63, 3.8) is 0 Å². The van der Waals surface area contributed by atoms with E-state index in [0.717, 1.165) is 0 Å². The fourth-order valence-corrected chi connectivity index (χ4v) is 2.25. The Morgan fingerprint density at radius 2 is 1.95 bits per heavy atom. The van der Waals surface area contributed by atoms with E-state index < -0.39 is 9.84 Å². The van der Waals surface area contributed by atoms with Crippen molar-refractivity contribution in [1.82, 2.24) is 5.32 Å². The number of benzene rings is 1. The van der Waals surface area contributed by atoms with Crippen molar-refractivity contribution in [3.8, 4) is 0 Å². The summed E-state index contributed by atoms with van der Waals surface area (Å²) in [5.74, 6) is -0.229. The normalized spacial score (nSPS) is 12.3. The number of hydrogen-bond acceptors (Lipinski definition) is 4. The molecule has 0 radical (unpaired) electrons. The van der Waals surface area contributed by atoms with Gasteiger partial charge in [0.1, 0.15) is 9.84 Å². The van der Waals surface area contributed by atoms with Crippen LogP contribution in [0.2, 0.25) is 0 Å². The van der Waals surface area contributed by atoms with Gasteiger partial charge in [-0.1, -0.05) is 12.1 Å². The molecular formula is C12H20N2O3S2. The Morgan fingerprint density at radius 3 is 2.47 bits per heavy atom. The van der Waals surface area contributed by atoms with Crippen LogP contribution in [0.25, 0.3) is 0 Å². The Bertz CT molecular complexity index is 530. The lowest BCUT2D eigenvalue weighted by Gasteiger charge is -2.14. The first-order valence-electron chi connectivity index (χ1n) is 5.62. The Morgan fingerprint density at radius 1 is 1.37 bits per heavy atom. The van der Waals surface area contributed by atoms with Crippen LogP contribution in [0.15, 0.2) is 24.3 Å². The second-order valence-corrected chi connectivity index (χ2v) is 6.64. The number of nitrogen functional groups attached to an aromatic ring is 1. The lowest BCUT2D eigenvalue weighted by Crippen LogP contribution is -2.34. The van der Waals surface area contributed by atoms with Crippen molar-refractivity contribution in [1.29, 1.82) is 0 Å². The Kier molecular flexibility index (Phi) is 6.93. The fourth-order valence-electron chi connectivity index (χ4n) is 1.47. The van der Waals surface area contributed by atoms with Crippen molar-refractivity contribution < 1.29 is 13.2 Å². The van der Waals surface area contributed by atoms with E-state index in [4.69, 9.17) is 5.73 Å². The molecule has 7 heteroatoms. The van der Waals surface area contributed by atoms with Gasteiger partial charge >= 0.3 is 0 Å². The summed E-state index contributed by atoms with van der Waals surface area (Å²) in [5, 5.41) is 2.73. The van der Waals surface area contributed by atoms with E-state index in [1.807, 2.05) is 0 Å². The minimum Gasteiger partial charge on any atom is -0.398 e. The number of para-hydroxylation sites is 1.